The first-order valence-electron chi connectivity index (χ1n) is 5.87. The van der Waals surface area contributed by atoms with E-state index in [1.165, 1.54) is 32.2 Å². The van der Waals surface area contributed by atoms with Gasteiger partial charge in [0.15, 0.2) is 0 Å². The highest BCUT2D eigenvalue weighted by Crippen LogP contribution is 2.18. The molecule has 0 saturated carbocycles. The standard InChI is InChI=1S/C12H22N2/c1-10-8-12(9-14(10)2)13-11-6-4-3-5-7-11/h3-4,10-13H,5-9H2,1-2H3. The van der Waals surface area contributed by atoms with E-state index in [1.807, 2.05) is 0 Å². The molecule has 1 heterocycles. The topological polar surface area (TPSA) is 15.3 Å². The molecule has 2 rings (SSSR count). The fourth-order valence-corrected chi connectivity index (χ4v) is 2.59. The van der Waals surface area contributed by atoms with Gasteiger partial charge in [-0.1, -0.05) is 12.2 Å². The van der Waals surface area contributed by atoms with Crippen LogP contribution >= 0.6 is 0 Å². The van der Waals surface area contributed by atoms with Crippen molar-refractivity contribution in [2.24, 2.45) is 0 Å². The van der Waals surface area contributed by atoms with Gasteiger partial charge in [-0.05, 0) is 39.7 Å². The predicted octanol–water partition coefficient (Wildman–Crippen LogP) is 1.78. The van der Waals surface area contributed by atoms with Crippen LogP contribution in [0.5, 0.6) is 0 Å². The highest BCUT2D eigenvalue weighted by molar-refractivity contribution is 4.95. The zero-order chi connectivity index (χ0) is 9.97. The largest absolute Gasteiger partial charge is 0.310 e. The third-order valence-corrected chi connectivity index (χ3v) is 3.63. The van der Waals surface area contributed by atoms with Crippen molar-refractivity contribution in [1.29, 1.82) is 0 Å². The molecule has 2 aliphatic rings. The average Bonchev–Trinajstić information content (AvgIpc) is 2.47. The van der Waals surface area contributed by atoms with Gasteiger partial charge >= 0.3 is 0 Å². The maximum Gasteiger partial charge on any atom is 0.0212 e. The molecule has 3 atom stereocenters. The van der Waals surface area contributed by atoms with Gasteiger partial charge in [-0.15, -0.1) is 0 Å². The smallest absolute Gasteiger partial charge is 0.0212 e. The summed E-state index contributed by atoms with van der Waals surface area (Å²) in [7, 11) is 2.23. The van der Waals surface area contributed by atoms with E-state index in [1.54, 1.807) is 0 Å². The van der Waals surface area contributed by atoms with Gasteiger partial charge < -0.3 is 10.2 Å². The summed E-state index contributed by atoms with van der Waals surface area (Å²) in [5.41, 5.74) is 0. The molecule has 1 saturated heterocycles. The van der Waals surface area contributed by atoms with Gasteiger partial charge in [0, 0.05) is 24.7 Å². The lowest BCUT2D eigenvalue weighted by Gasteiger charge is -2.23. The van der Waals surface area contributed by atoms with Gasteiger partial charge in [-0.25, -0.2) is 0 Å². The second-order valence-electron chi connectivity index (χ2n) is 4.87. The first-order chi connectivity index (χ1) is 6.75. The van der Waals surface area contributed by atoms with E-state index in [0.29, 0.717) is 0 Å². The van der Waals surface area contributed by atoms with Crippen molar-refractivity contribution in [3.8, 4) is 0 Å². The van der Waals surface area contributed by atoms with E-state index in [0.717, 1.165) is 18.1 Å². The number of hydrogen-bond donors (Lipinski definition) is 1. The maximum absolute atomic E-state index is 3.79. The summed E-state index contributed by atoms with van der Waals surface area (Å²) in [4.78, 5) is 2.45. The number of allylic oxidation sites excluding steroid dienone is 1. The molecule has 0 radical (unpaired) electrons. The van der Waals surface area contributed by atoms with Crippen molar-refractivity contribution in [3.05, 3.63) is 12.2 Å². The van der Waals surface area contributed by atoms with Gasteiger partial charge in [0.1, 0.15) is 0 Å². The van der Waals surface area contributed by atoms with Crippen molar-refractivity contribution < 1.29 is 0 Å². The van der Waals surface area contributed by atoms with E-state index in [4.69, 9.17) is 0 Å². The Balaban J connectivity index is 1.78. The summed E-state index contributed by atoms with van der Waals surface area (Å²) in [6.45, 7) is 3.55. The third-order valence-electron chi connectivity index (χ3n) is 3.63. The van der Waals surface area contributed by atoms with Gasteiger partial charge in [0.25, 0.3) is 0 Å². The highest BCUT2D eigenvalue weighted by Gasteiger charge is 2.27. The normalized spacial score (nSPS) is 39.1. The van der Waals surface area contributed by atoms with Crippen molar-refractivity contribution in [2.75, 3.05) is 13.6 Å². The molecule has 1 aliphatic carbocycles. The van der Waals surface area contributed by atoms with Crippen LogP contribution in [0.15, 0.2) is 12.2 Å². The zero-order valence-corrected chi connectivity index (χ0v) is 9.37. The van der Waals surface area contributed by atoms with Crippen LogP contribution in [-0.4, -0.2) is 36.6 Å². The third kappa shape index (κ3) is 2.37. The number of nitrogens with one attached hydrogen (secondary N) is 1. The van der Waals surface area contributed by atoms with E-state index >= 15 is 0 Å². The summed E-state index contributed by atoms with van der Waals surface area (Å²) < 4.78 is 0. The number of rotatable bonds is 2. The number of likely N-dealkylation sites (tertiary alicyclic amines) is 1. The molecule has 0 aromatic heterocycles. The molecular formula is C12H22N2. The Bertz CT molecular complexity index is 202. The minimum absolute atomic E-state index is 0.728. The second kappa shape index (κ2) is 4.45. The zero-order valence-electron chi connectivity index (χ0n) is 9.37. The van der Waals surface area contributed by atoms with Crippen LogP contribution < -0.4 is 5.32 Å². The Morgan fingerprint density at radius 3 is 2.71 bits per heavy atom. The molecule has 2 nitrogen and oxygen atoms in total. The number of hydrogen-bond acceptors (Lipinski definition) is 2. The summed E-state index contributed by atoms with van der Waals surface area (Å²) in [5, 5.41) is 3.79. The Morgan fingerprint density at radius 1 is 1.29 bits per heavy atom. The lowest BCUT2D eigenvalue weighted by atomic mass is 10.0. The number of likely N-dealkylation sites (N-methyl/N-ethyl adjacent to an activating group) is 1. The molecule has 1 aliphatic heterocycles. The lowest BCUT2D eigenvalue weighted by molar-refractivity contribution is 0.323. The molecular weight excluding hydrogens is 172 g/mol. The van der Waals surface area contributed by atoms with Gasteiger partial charge in [0.05, 0.1) is 0 Å². The maximum atomic E-state index is 3.79. The summed E-state index contributed by atoms with van der Waals surface area (Å²) in [6, 6.07) is 2.22. The highest BCUT2D eigenvalue weighted by atomic mass is 15.2. The van der Waals surface area contributed by atoms with E-state index in [9.17, 15) is 0 Å². The van der Waals surface area contributed by atoms with E-state index < -0.39 is 0 Å². The van der Waals surface area contributed by atoms with Crippen LogP contribution in [-0.2, 0) is 0 Å². The Kier molecular flexibility index (Phi) is 3.24. The lowest BCUT2D eigenvalue weighted by Crippen LogP contribution is -2.40. The van der Waals surface area contributed by atoms with Crippen LogP contribution in [0.1, 0.15) is 32.6 Å². The van der Waals surface area contributed by atoms with Crippen LogP contribution in [0, 0.1) is 0 Å². The number of nitrogens with zero attached hydrogens (tertiary/aromatic N) is 1. The van der Waals surface area contributed by atoms with Crippen LogP contribution in [0.25, 0.3) is 0 Å². The van der Waals surface area contributed by atoms with Gasteiger partial charge in [-0.2, -0.15) is 0 Å². The summed E-state index contributed by atoms with van der Waals surface area (Å²) >= 11 is 0. The van der Waals surface area contributed by atoms with E-state index in [-0.39, 0.29) is 0 Å². The van der Waals surface area contributed by atoms with Crippen molar-refractivity contribution in [2.45, 2.75) is 50.7 Å². The van der Waals surface area contributed by atoms with Crippen LogP contribution in [0.2, 0.25) is 0 Å². The fourth-order valence-electron chi connectivity index (χ4n) is 2.59. The van der Waals surface area contributed by atoms with Gasteiger partial charge in [0.2, 0.25) is 0 Å². The van der Waals surface area contributed by atoms with Crippen LogP contribution in [0.3, 0.4) is 0 Å². The molecule has 80 valence electrons. The monoisotopic (exact) mass is 194 g/mol. The minimum atomic E-state index is 0.728. The molecule has 2 heteroatoms. The average molecular weight is 194 g/mol. The Morgan fingerprint density at radius 2 is 2.14 bits per heavy atom. The molecule has 0 spiro atoms. The molecule has 1 N–H and O–H groups in total. The predicted molar refractivity (Wildman–Crippen MR) is 60.4 cm³/mol. The van der Waals surface area contributed by atoms with Crippen molar-refractivity contribution in [3.63, 3.8) is 0 Å². The first-order valence-corrected chi connectivity index (χ1v) is 5.87. The quantitative estimate of drug-likeness (QED) is 0.674. The SMILES string of the molecule is CC1CC(NC2CC=CCC2)CN1C. The minimum Gasteiger partial charge on any atom is -0.310 e. The first kappa shape index (κ1) is 10.2. The molecule has 3 unspecified atom stereocenters. The molecule has 14 heavy (non-hydrogen) atoms. The molecule has 0 bridgehead atoms. The molecule has 1 fully saturated rings. The Labute approximate surface area is 87.4 Å². The van der Waals surface area contributed by atoms with Crippen molar-refractivity contribution in [1.82, 2.24) is 10.2 Å². The molecule has 0 aromatic rings. The van der Waals surface area contributed by atoms with Gasteiger partial charge in [-0.3, -0.25) is 0 Å². The molecule has 0 amide bonds. The summed E-state index contributed by atoms with van der Waals surface area (Å²) in [6.07, 6.45) is 9.76. The summed E-state index contributed by atoms with van der Waals surface area (Å²) in [5.74, 6) is 0. The van der Waals surface area contributed by atoms with E-state index in [2.05, 4.69) is 36.3 Å². The van der Waals surface area contributed by atoms with Crippen LogP contribution in [0.4, 0.5) is 0 Å². The molecule has 0 aromatic carbocycles. The van der Waals surface area contributed by atoms with Crippen molar-refractivity contribution >= 4 is 0 Å². The second-order valence-corrected chi connectivity index (χ2v) is 4.87. The Hall–Kier alpha value is -0.340. The fraction of sp³-hybridized carbons (Fsp3) is 0.833.